The van der Waals surface area contributed by atoms with Gasteiger partial charge < -0.3 is 10.6 Å². The van der Waals surface area contributed by atoms with Gasteiger partial charge in [0.1, 0.15) is 0 Å². The molecule has 2 amide bonds. The first kappa shape index (κ1) is 15.1. The lowest BCUT2D eigenvalue weighted by Gasteiger charge is -2.08. The third kappa shape index (κ3) is 4.93. The molecule has 2 aromatic carbocycles. The van der Waals surface area contributed by atoms with E-state index in [4.69, 9.17) is 5.26 Å². The van der Waals surface area contributed by atoms with Gasteiger partial charge in [0.15, 0.2) is 0 Å². The minimum atomic E-state index is -0.255. The van der Waals surface area contributed by atoms with Crippen molar-refractivity contribution in [3.05, 3.63) is 64.1 Å². The van der Waals surface area contributed by atoms with Crippen LogP contribution < -0.4 is 10.6 Å². The number of nitrogens with zero attached hydrogens (tertiary/aromatic N) is 1. The first-order chi connectivity index (χ1) is 10.2. The van der Waals surface area contributed by atoms with Crippen LogP contribution >= 0.6 is 15.9 Å². The number of nitrogens with one attached hydrogen (secondary N) is 2. The lowest BCUT2D eigenvalue weighted by atomic mass is 10.1. The Morgan fingerprint density at radius 1 is 1.19 bits per heavy atom. The molecular formula is C16H14BrN3O. The van der Waals surface area contributed by atoms with E-state index in [-0.39, 0.29) is 6.03 Å². The Labute approximate surface area is 131 Å². The molecule has 0 atom stereocenters. The minimum absolute atomic E-state index is 0.255. The van der Waals surface area contributed by atoms with Gasteiger partial charge in [-0.3, -0.25) is 0 Å². The van der Waals surface area contributed by atoms with Crippen molar-refractivity contribution in [2.45, 2.75) is 6.42 Å². The smallest absolute Gasteiger partial charge is 0.319 e. The number of carbonyl (C=O) groups excluding carboxylic acids is 1. The summed E-state index contributed by atoms with van der Waals surface area (Å²) in [5.74, 6) is 0. The lowest BCUT2D eigenvalue weighted by molar-refractivity contribution is 0.252. The van der Waals surface area contributed by atoms with Crippen LogP contribution in [0.4, 0.5) is 10.5 Å². The molecule has 0 spiro atoms. The first-order valence-corrected chi connectivity index (χ1v) is 7.26. The summed E-state index contributed by atoms with van der Waals surface area (Å²) in [6.45, 7) is 0.554. The molecule has 0 radical (unpaired) electrons. The van der Waals surface area contributed by atoms with E-state index in [1.54, 1.807) is 24.3 Å². The van der Waals surface area contributed by atoms with Crippen molar-refractivity contribution in [2.75, 3.05) is 11.9 Å². The number of anilines is 1. The van der Waals surface area contributed by atoms with Crippen LogP contribution in [-0.2, 0) is 6.42 Å². The van der Waals surface area contributed by atoms with Gasteiger partial charge in [-0.1, -0.05) is 28.1 Å². The summed E-state index contributed by atoms with van der Waals surface area (Å²) in [4.78, 5) is 11.7. The summed E-state index contributed by atoms with van der Waals surface area (Å²) in [5, 5.41) is 14.2. The van der Waals surface area contributed by atoms with Gasteiger partial charge in [-0.05, 0) is 48.4 Å². The summed E-state index contributed by atoms with van der Waals surface area (Å²) in [6.07, 6.45) is 0.764. The lowest BCUT2D eigenvalue weighted by Crippen LogP contribution is -2.30. The summed E-state index contributed by atoms with van der Waals surface area (Å²) in [7, 11) is 0. The third-order valence-electron chi connectivity index (χ3n) is 2.86. The van der Waals surface area contributed by atoms with Crippen LogP contribution in [0.25, 0.3) is 0 Å². The van der Waals surface area contributed by atoms with E-state index in [0.717, 1.165) is 16.5 Å². The quantitative estimate of drug-likeness (QED) is 0.889. The number of hydrogen-bond donors (Lipinski definition) is 2. The zero-order valence-corrected chi connectivity index (χ0v) is 12.9. The second kappa shape index (κ2) is 7.46. The highest BCUT2D eigenvalue weighted by molar-refractivity contribution is 9.10. The molecule has 0 bridgehead atoms. The fourth-order valence-electron chi connectivity index (χ4n) is 1.82. The maximum Gasteiger partial charge on any atom is 0.319 e. The van der Waals surface area contributed by atoms with Crippen LogP contribution in [0, 0.1) is 11.3 Å². The number of hydrogen-bond acceptors (Lipinski definition) is 2. The van der Waals surface area contributed by atoms with Crippen LogP contribution in [0.1, 0.15) is 11.1 Å². The summed E-state index contributed by atoms with van der Waals surface area (Å²) >= 11 is 3.42. The molecule has 106 valence electrons. The molecule has 0 saturated carbocycles. The fourth-order valence-corrected chi connectivity index (χ4v) is 2.26. The topological polar surface area (TPSA) is 64.9 Å². The summed E-state index contributed by atoms with van der Waals surface area (Å²) in [5.41, 5.74) is 2.38. The van der Waals surface area contributed by atoms with Gasteiger partial charge in [0.2, 0.25) is 0 Å². The molecule has 0 aliphatic carbocycles. The Morgan fingerprint density at radius 2 is 1.95 bits per heavy atom. The second-order valence-corrected chi connectivity index (χ2v) is 5.37. The van der Waals surface area contributed by atoms with E-state index in [2.05, 4.69) is 26.6 Å². The summed E-state index contributed by atoms with van der Waals surface area (Å²) in [6, 6.07) is 16.5. The zero-order valence-electron chi connectivity index (χ0n) is 11.3. The molecule has 4 nitrogen and oxygen atoms in total. The largest absolute Gasteiger partial charge is 0.338 e. The number of rotatable bonds is 4. The van der Waals surface area contributed by atoms with E-state index in [0.29, 0.717) is 17.8 Å². The van der Waals surface area contributed by atoms with Crippen molar-refractivity contribution in [2.24, 2.45) is 0 Å². The Hall–Kier alpha value is -2.32. The minimum Gasteiger partial charge on any atom is -0.338 e. The fraction of sp³-hybridized carbons (Fsp3) is 0.125. The van der Waals surface area contributed by atoms with Crippen LogP contribution in [0.3, 0.4) is 0 Å². The molecule has 0 unspecified atom stereocenters. The van der Waals surface area contributed by atoms with Crippen molar-refractivity contribution in [3.8, 4) is 6.07 Å². The van der Waals surface area contributed by atoms with Gasteiger partial charge >= 0.3 is 6.03 Å². The van der Waals surface area contributed by atoms with Crippen molar-refractivity contribution >= 4 is 27.6 Å². The van der Waals surface area contributed by atoms with Gasteiger partial charge in [0, 0.05) is 16.7 Å². The average molecular weight is 344 g/mol. The van der Waals surface area contributed by atoms with E-state index in [1.165, 1.54) is 0 Å². The van der Waals surface area contributed by atoms with Crippen LogP contribution in [-0.4, -0.2) is 12.6 Å². The Balaban J connectivity index is 1.78. The van der Waals surface area contributed by atoms with Crippen molar-refractivity contribution < 1.29 is 4.79 Å². The van der Waals surface area contributed by atoms with Gasteiger partial charge in [0.25, 0.3) is 0 Å². The number of carbonyl (C=O) groups is 1. The van der Waals surface area contributed by atoms with Gasteiger partial charge in [-0.25, -0.2) is 4.79 Å². The monoisotopic (exact) mass is 343 g/mol. The molecule has 2 N–H and O–H groups in total. The maximum atomic E-state index is 11.7. The molecule has 2 rings (SSSR count). The first-order valence-electron chi connectivity index (χ1n) is 6.47. The normalized spacial score (nSPS) is 9.71. The molecule has 0 saturated heterocycles. The molecule has 21 heavy (non-hydrogen) atoms. The van der Waals surface area contributed by atoms with E-state index in [1.807, 2.05) is 30.3 Å². The third-order valence-corrected chi connectivity index (χ3v) is 3.35. The molecule has 2 aromatic rings. The van der Waals surface area contributed by atoms with Crippen molar-refractivity contribution in [1.82, 2.24) is 5.32 Å². The van der Waals surface area contributed by atoms with E-state index >= 15 is 0 Å². The molecule has 5 heteroatoms. The number of urea groups is 1. The molecule has 0 aliphatic heterocycles. The number of benzene rings is 2. The second-order valence-electron chi connectivity index (χ2n) is 4.45. The molecule has 0 fully saturated rings. The molecular weight excluding hydrogens is 330 g/mol. The van der Waals surface area contributed by atoms with Gasteiger partial charge in [-0.15, -0.1) is 0 Å². The van der Waals surface area contributed by atoms with Gasteiger partial charge in [-0.2, -0.15) is 5.26 Å². The number of nitriles is 1. The van der Waals surface area contributed by atoms with E-state index < -0.39 is 0 Å². The zero-order chi connectivity index (χ0) is 15.1. The number of amides is 2. The average Bonchev–Trinajstić information content (AvgIpc) is 2.48. The summed E-state index contributed by atoms with van der Waals surface area (Å²) < 4.78 is 1.03. The predicted molar refractivity (Wildman–Crippen MR) is 86.0 cm³/mol. The molecule has 0 aromatic heterocycles. The Kier molecular flexibility index (Phi) is 5.35. The maximum absolute atomic E-state index is 11.7. The van der Waals surface area contributed by atoms with Crippen molar-refractivity contribution in [1.29, 1.82) is 5.26 Å². The van der Waals surface area contributed by atoms with E-state index in [9.17, 15) is 4.79 Å². The molecule has 0 aliphatic rings. The molecule has 0 heterocycles. The van der Waals surface area contributed by atoms with Gasteiger partial charge in [0.05, 0.1) is 11.6 Å². The van der Waals surface area contributed by atoms with Crippen LogP contribution in [0.2, 0.25) is 0 Å². The van der Waals surface area contributed by atoms with Crippen molar-refractivity contribution in [3.63, 3.8) is 0 Å². The standard InChI is InChI=1S/C16H14BrN3O/c17-14-3-1-2-12(10-14)8-9-19-16(21)20-15-6-4-13(11-18)5-7-15/h1-7,10H,8-9H2,(H2,19,20,21). The highest BCUT2D eigenvalue weighted by Gasteiger charge is 2.01. The SMILES string of the molecule is N#Cc1ccc(NC(=O)NCCc2cccc(Br)c2)cc1. The number of halogens is 1. The highest BCUT2D eigenvalue weighted by Crippen LogP contribution is 2.12. The van der Waals surface area contributed by atoms with Crippen LogP contribution in [0.15, 0.2) is 53.0 Å². The Bertz CT molecular complexity index is 662. The Morgan fingerprint density at radius 3 is 2.62 bits per heavy atom. The predicted octanol–water partition coefficient (Wildman–Crippen LogP) is 3.68. The van der Waals surface area contributed by atoms with Crippen LogP contribution in [0.5, 0.6) is 0 Å². The highest BCUT2D eigenvalue weighted by atomic mass is 79.9.